The smallest absolute Gasteiger partial charge is 0.125 e. The van der Waals surface area contributed by atoms with Crippen LogP contribution in [0.2, 0.25) is 0 Å². The quantitative estimate of drug-likeness (QED) is 0.464. The third-order valence-corrected chi connectivity index (χ3v) is 7.74. The summed E-state index contributed by atoms with van der Waals surface area (Å²) in [5.74, 6) is 0.701. The molecule has 0 unspecified atom stereocenters. The minimum absolute atomic E-state index is 0.366. The van der Waals surface area contributed by atoms with Crippen molar-refractivity contribution in [2.24, 2.45) is 5.92 Å². The third kappa shape index (κ3) is 3.69. The van der Waals surface area contributed by atoms with E-state index in [1.807, 2.05) is 24.3 Å². The Morgan fingerprint density at radius 2 is 1.63 bits per heavy atom. The second kappa shape index (κ2) is 7.98. The van der Waals surface area contributed by atoms with Crippen LogP contribution in [0.4, 0.5) is 0 Å². The molecule has 0 bridgehead atoms. The zero-order chi connectivity index (χ0) is 20.4. The normalized spacial score (nSPS) is 26.2. The maximum atomic E-state index is 10.1. The van der Waals surface area contributed by atoms with E-state index < -0.39 is 5.41 Å². The molecule has 0 spiro atoms. The molecule has 0 aliphatic heterocycles. The van der Waals surface area contributed by atoms with Crippen molar-refractivity contribution in [1.82, 2.24) is 4.98 Å². The van der Waals surface area contributed by atoms with Crippen molar-refractivity contribution < 1.29 is 4.74 Å². The third-order valence-electron chi connectivity index (χ3n) is 6.71. The van der Waals surface area contributed by atoms with Gasteiger partial charge in [-0.05, 0) is 50.0 Å². The number of hydrogen-bond donors (Lipinski definition) is 0. The van der Waals surface area contributed by atoms with Crippen LogP contribution in [-0.2, 0) is 15.8 Å². The Morgan fingerprint density at radius 1 is 0.967 bits per heavy atom. The second-order valence-corrected chi connectivity index (χ2v) is 9.57. The predicted molar refractivity (Wildman–Crippen MR) is 120 cm³/mol. The van der Waals surface area contributed by atoms with Crippen molar-refractivity contribution in [2.45, 2.75) is 49.5 Å². The zero-order valence-corrected chi connectivity index (χ0v) is 17.9. The first-order chi connectivity index (χ1) is 14.7. The Kier molecular flexibility index (Phi) is 5.18. The molecule has 2 fully saturated rings. The molecule has 2 saturated carbocycles. The number of benzene rings is 2. The van der Waals surface area contributed by atoms with E-state index in [1.165, 1.54) is 12.8 Å². The van der Waals surface area contributed by atoms with Crippen molar-refractivity contribution in [3.63, 3.8) is 0 Å². The predicted octanol–water partition coefficient (Wildman–Crippen LogP) is 6.47. The molecule has 3 aromatic rings. The Labute approximate surface area is 182 Å². The fraction of sp³-hybridized carbons (Fsp3) is 0.385. The van der Waals surface area contributed by atoms with Crippen LogP contribution in [0.3, 0.4) is 0 Å². The van der Waals surface area contributed by atoms with Crippen LogP contribution in [0.15, 0.2) is 66.0 Å². The van der Waals surface area contributed by atoms with Gasteiger partial charge in [0.1, 0.15) is 10.6 Å². The summed E-state index contributed by atoms with van der Waals surface area (Å²) in [6.07, 6.45) is 5.83. The Bertz CT molecular complexity index is 1030. The largest absolute Gasteiger partial charge is 0.368 e. The van der Waals surface area contributed by atoms with Gasteiger partial charge in [-0.3, -0.25) is 0 Å². The summed E-state index contributed by atoms with van der Waals surface area (Å²) in [6, 6.07) is 23.3. The maximum absolute atomic E-state index is 10.1. The average molecular weight is 415 g/mol. The number of rotatable bonds is 6. The lowest BCUT2D eigenvalue weighted by molar-refractivity contribution is -0.0880. The van der Waals surface area contributed by atoms with Crippen molar-refractivity contribution in [1.29, 1.82) is 5.26 Å². The molecule has 0 atom stereocenters. The van der Waals surface area contributed by atoms with Crippen LogP contribution in [-0.4, -0.2) is 11.6 Å². The summed E-state index contributed by atoms with van der Waals surface area (Å²) >= 11 is 1.71. The van der Waals surface area contributed by atoms with E-state index >= 15 is 0 Å². The van der Waals surface area contributed by atoms with Gasteiger partial charge in [-0.25, -0.2) is 4.98 Å². The lowest BCUT2D eigenvalue weighted by atomic mass is 9.66. The summed E-state index contributed by atoms with van der Waals surface area (Å²) in [5.41, 5.74) is 2.50. The lowest BCUT2D eigenvalue weighted by Crippen LogP contribution is -2.41. The topological polar surface area (TPSA) is 45.9 Å². The van der Waals surface area contributed by atoms with Crippen molar-refractivity contribution in [2.75, 3.05) is 6.61 Å². The molecular weight excluding hydrogens is 388 g/mol. The van der Waals surface area contributed by atoms with Gasteiger partial charge in [0, 0.05) is 10.9 Å². The molecule has 4 heteroatoms. The van der Waals surface area contributed by atoms with Gasteiger partial charge < -0.3 is 4.74 Å². The first kappa shape index (κ1) is 19.5. The van der Waals surface area contributed by atoms with Gasteiger partial charge in [0.15, 0.2) is 0 Å². The molecule has 30 heavy (non-hydrogen) atoms. The molecular formula is C26H26N2OS. The van der Waals surface area contributed by atoms with Gasteiger partial charge >= 0.3 is 0 Å². The minimum atomic E-state index is -0.423. The summed E-state index contributed by atoms with van der Waals surface area (Å²) in [6.45, 7) is 0.811. The van der Waals surface area contributed by atoms with E-state index in [0.29, 0.717) is 5.92 Å². The van der Waals surface area contributed by atoms with Gasteiger partial charge in [-0.2, -0.15) is 5.26 Å². The number of thiazole rings is 1. The summed E-state index contributed by atoms with van der Waals surface area (Å²) < 4.78 is 6.64. The highest BCUT2D eigenvalue weighted by Gasteiger charge is 2.47. The van der Waals surface area contributed by atoms with Crippen LogP contribution < -0.4 is 0 Å². The molecule has 1 aromatic heterocycles. The fourth-order valence-electron chi connectivity index (χ4n) is 4.51. The molecule has 0 saturated heterocycles. The average Bonchev–Trinajstić information content (AvgIpc) is 3.52. The van der Waals surface area contributed by atoms with Crippen molar-refractivity contribution in [3.8, 4) is 17.3 Å². The van der Waals surface area contributed by atoms with E-state index in [2.05, 4.69) is 47.8 Å². The van der Waals surface area contributed by atoms with Crippen LogP contribution in [0.1, 0.15) is 49.1 Å². The fourth-order valence-corrected chi connectivity index (χ4v) is 5.55. The highest BCUT2D eigenvalue weighted by molar-refractivity contribution is 7.10. The van der Waals surface area contributed by atoms with Gasteiger partial charge in [-0.1, -0.05) is 60.7 Å². The Balaban J connectivity index is 1.43. The molecule has 2 aliphatic rings. The van der Waals surface area contributed by atoms with Crippen LogP contribution in [0, 0.1) is 17.2 Å². The molecule has 0 radical (unpaired) electrons. The Hall–Kier alpha value is -2.48. The molecule has 1 heterocycles. The number of ether oxygens (including phenoxy) is 1. The molecule has 2 aliphatic carbocycles. The maximum Gasteiger partial charge on any atom is 0.125 e. The van der Waals surface area contributed by atoms with Crippen LogP contribution >= 0.6 is 11.3 Å². The van der Waals surface area contributed by atoms with Crippen molar-refractivity contribution in [3.05, 3.63) is 76.6 Å². The standard InChI is InChI=1S/C26H26N2OS/c27-19-25(22-9-5-2-6-10-22)13-15-26(16-14-25,29-17-20-11-12-20)24-28-23(18-30-24)21-7-3-1-4-8-21/h1-10,18,20H,11-17H2. The number of nitriles is 1. The molecule has 0 N–H and O–H groups in total. The summed E-state index contributed by atoms with van der Waals surface area (Å²) in [5, 5.41) is 13.3. The highest BCUT2D eigenvalue weighted by Crippen LogP contribution is 2.50. The SMILES string of the molecule is N#CC1(c2ccccc2)CCC(OCC2CC2)(c2nc(-c3ccccc3)cs2)CC1. The monoisotopic (exact) mass is 414 g/mol. The van der Waals surface area contributed by atoms with E-state index in [-0.39, 0.29) is 5.60 Å². The molecule has 0 amide bonds. The number of nitrogens with zero attached hydrogens (tertiary/aromatic N) is 2. The molecule has 152 valence electrons. The summed E-state index contributed by atoms with van der Waals surface area (Å²) in [7, 11) is 0. The Morgan fingerprint density at radius 3 is 2.27 bits per heavy atom. The summed E-state index contributed by atoms with van der Waals surface area (Å²) in [4.78, 5) is 5.03. The highest BCUT2D eigenvalue weighted by atomic mass is 32.1. The van der Waals surface area contributed by atoms with Gasteiger partial charge in [-0.15, -0.1) is 11.3 Å². The first-order valence-corrected chi connectivity index (χ1v) is 11.7. The minimum Gasteiger partial charge on any atom is -0.368 e. The molecule has 5 rings (SSSR count). The van der Waals surface area contributed by atoms with E-state index in [9.17, 15) is 5.26 Å². The lowest BCUT2D eigenvalue weighted by Gasteiger charge is -2.42. The first-order valence-electron chi connectivity index (χ1n) is 10.9. The number of hydrogen-bond acceptors (Lipinski definition) is 4. The van der Waals surface area contributed by atoms with Crippen LogP contribution in [0.5, 0.6) is 0 Å². The van der Waals surface area contributed by atoms with Crippen LogP contribution in [0.25, 0.3) is 11.3 Å². The van der Waals surface area contributed by atoms with Crippen molar-refractivity contribution >= 4 is 11.3 Å². The van der Waals surface area contributed by atoms with E-state index in [4.69, 9.17) is 9.72 Å². The second-order valence-electron chi connectivity index (χ2n) is 8.71. The molecule has 2 aromatic carbocycles. The molecule has 3 nitrogen and oxygen atoms in total. The zero-order valence-electron chi connectivity index (χ0n) is 17.1. The van der Waals surface area contributed by atoms with Gasteiger partial charge in [0.05, 0.1) is 23.8 Å². The van der Waals surface area contributed by atoms with Gasteiger partial charge in [0.2, 0.25) is 0 Å². The van der Waals surface area contributed by atoms with E-state index in [0.717, 1.165) is 54.1 Å². The van der Waals surface area contributed by atoms with Gasteiger partial charge in [0.25, 0.3) is 0 Å². The number of aromatic nitrogens is 1. The van der Waals surface area contributed by atoms with E-state index in [1.54, 1.807) is 11.3 Å².